The molecule has 0 bridgehead atoms. The van der Waals surface area contributed by atoms with Gasteiger partial charge in [-0.05, 0) is 37.0 Å². The first-order valence-electron chi connectivity index (χ1n) is 4.87. The smallest absolute Gasteiger partial charge is 0.104 e. The first-order valence-corrected chi connectivity index (χ1v) is 5.81. The molecular weight excluding hydrogens is 206 g/mol. The van der Waals surface area contributed by atoms with Crippen LogP contribution < -0.4 is 11.1 Å². The average molecular weight is 223 g/mol. The van der Waals surface area contributed by atoms with E-state index in [1.54, 1.807) is 6.92 Å². The van der Waals surface area contributed by atoms with Crippen molar-refractivity contribution >= 4 is 17.8 Å². The Hall–Kier alpha value is -1.00. The van der Waals surface area contributed by atoms with Crippen LogP contribution in [0.15, 0.2) is 28.7 Å². The molecule has 0 fully saturated rings. The maximum atomic E-state index is 5.45. The van der Waals surface area contributed by atoms with Gasteiger partial charge in [-0.2, -0.15) is 0 Å². The van der Waals surface area contributed by atoms with Crippen molar-refractivity contribution < 1.29 is 0 Å². The van der Waals surface area contributed by atoms with Gasteiger partial charge in [0.2, 0.25) is 0 Å². The Kier molecular flexibility index (Phi) is 5.21. The Morgan fingerprint density at radius 3 is 2.87 bits per heavy atom. The standard InChI is InChI=1S/C11H17N3S/c1-9(12)14-15-8-11-5-3-4-10(6-11)7-13-2/h3-6,13H,7-8H2,1-2H3,(H2,12,14). The van der Waals surface area contributed by atoms with E-state index in [1.807, 2.05) is 7.05 Å². The van der Waals surface area contributed by atoms with Crippen molar-refractivity contribution in [2.45, 2.75) is 19.2 Å². The summed E-state index contributed by atoms with van der Waals surface area (Å²) in [7, 11) is 1.95. The lowest BCUT2D eigenvalue weighted by atomic mass is 10.1. The van der Waals surface area contributed by atoms with Crippen molar-refractivity contribution in [2.75, 3.05) is 7.05 Å². The second-order valence-electron chi connectivity index (χ2n) is 3.36. The first-order chi connectivity index (χ1) is 7.22. The summed E-state index contributed by atoms with van der Waals surface area (Å²) in [6.07, 6.45) is 0. The maximum Gasteiger partial charge on any atom is 0.104 e. The minimum absolute atomic E-state index is 0.617. The van der Waals surface area contributed by atoms with E-state index >= 15 is 0 Å². The van der Waals surface area contributed by atoms with Gasteiger partial charge >= 0.3 is 0 Å². The quantitative estimate of drug-likeness (QED) is 0.455. The third kappa shape index (κ3) is 4.85. The first kappa shape index (κ1) is 12.1. The van der Waals surface area contributed by atoms with Gasteiger partial charge in [-0.3, -0.25) is 0 Å². The third-order valence-corrected chi connectivity index (χ3v) is 2.69. The summed E-state index contributed by atoms with van der Waals surface area (Å²) in [5, 5.41) is 3.13. The van der Waals surface area contributed by atoms with Gasteiger partial charge in [0.1, 0.15) is 5.84 Å². The van der Waals surface area contributed by atoms with Gasteiger partial charge in [0.15, 0.2) is 0 Å². The van der Waals surface area contributed by atoms with Crippen LogP contribution >= 0.6 is 11.9 Å². The molecule has 3 nitrogen and oxygen atoms in total. The number of nitrogens with zero attached hydrogens (tertiary/aromatic N) is 1. The highest BCUT2D eigenvalue weighted by molar-refractivity contribution is 7.97. The maximum absolute atomic E-state index is 5.45. The van der Waals surface area contributed by atoms with E-state index in [0.29, 0.717) is 5.84 Å². The predicted molar refractivity (Wildman–Crippen MR) is 67.8 cm³/mol. The lowest BCUT2D eigenvalue weighted by Gasteiger charge is -2.03. The summed E-state index contributed by atoms with van der Waals surface area (Å²) in [4.78, 5) is 0. The fraction of sp³-hybridized carbons (Fsp3) is 0.364. The van der Waals surface area contributed by atoms with Gasteiger partial charge in [-0.1, -0.05) is 24.3 Å². The van der Waals surface area contributed by atoms with Gasteiger partial charge in [0, 0.05) is 12.3 Å². The molecule has 15 heavy (non-hydrogen) atoms. The molecule has 0 amide bonds. The highest BCUT2D eigenvalue weighted by atomic mass is 32.2. The van der Waals surface area contributed by atoms with Crippen molar-refractivity contribution in [1.29, 1.82) is 0 Å². The summed E-state index contributed by atoms with van der Waals surface area (Å²) in [6.45, 7) is 2.70. The van der Waals surface area contributed by atoms with Crippen LogP contribution in [-0.2, 0) is 12.3 Å². The molecule has 1 aromatic rings. The van der Waals surface area contributed by atoms with Gasteiger partial charge < -0.3 is 11.1 Å². The van der Waals surface area contributed by atoms with Crippen LogP contribution in [0, 0.1) is 0 Å². The van der Waals surface area contributed by atoms with E-state index in [4.69, 9.17) is 5.73 Å². The van der Waals surface area contributed by atoms with E-state index < -0.39 is 0 Å². The van der Waals surface area contributed by atoms with Crippen LogP contribution in [0.5, 0.6) is 0 Å². The zero-order chi connectivity index (χ0) is 11.1. The highest BCUT2D eigenvalue weighted by Crippen LogP contribution is 2.14. The average Bonchev–Trinajstić information content (AvgIpc) is 2.18. The van der Waals surface area contributed by atoms with Crippen LogP contribution in [0.2, 0.25) is 0 Å². The number of amidine groups is 1. The molecule has 82 valence electrons. The molecule has 0 saturated carbocycles. The SMILES string of the molecule is CNCc1cccc(CS/N=C(/C)N)c1. The molecule has 0 aliphatic carbocycles. The largest absolute Gasteiger partial charge is 0.387 e. The van der Waals surface area contributed by atoms with Crippen LogP contribution in [0.4, 0.5) is 0 Å². The van der Waals surface area contributed by atoms with Crippen molar-refractivity contribution in [3.05, 3.63) is 35.4 Å². The third-order valence-electron chi connectivity index (χ3n) is 1.81. The summed E-state index contributed by atoms with van der Waals surface area (Å²) in [6, 6.07) is 8.47. The number of hydrogen-bond donors (Lipinski definition) is 2. The molecule has 0 radical (unpaired) electrons. The molecule has 0 unspecified atom stereocenters. The number of hydrogen-bond acceptors (Lipinski definition) is 3. The van der Waals surface area contributed by atoms with E-state index in [9.17, 15) is 0 Å². The molecule has 0 saturated heterocycles. The number of nitrogens with two attached hydrogens (primary N) is 1. The Labute approximate surface area is 95.3 Å². The summed E-state index contributed by atoms with van der Waals surface area (Å²) >= 11 is 1.48. The topological polar surface area (TPSA) is 50.4 Å². The Morgan fingerprint density at radius 1 is 1.47 bits per heavy atom. The molecule has 0 aliphatic heterocycles. The van der Waals surface area contributed by atoms with Crippen LogP contribution in [-0.4, -0.2) is 12.9 Å². The number of nitrogens with one attached hydrogen (secondary N) is 1. The molecule has 4 heteroatoms. The molecule has 1 aromatic carbocycles. The number of benzene rings is 1. The monoisotopic (exact) mass is 223 g/mol. The minimum Gasteiger partial charge on any atom is -0.387 e. The molecule has 3 N–H and O–H groups in total. The predicted octanol–water partition coefficient (Wildman–Crippen LogP) is 1.93. The summed E-state index contributed by atoms with van der Waals surface area (Å²) < 4.78 is 4.09. The zero-order valence-corrected chi connectivity index (χ0v) is 9.97. The van der Waals surface area contributed by atoms with Crippen molar-refractivity contribution in [1.82, 2.24) is 5.32 Å². The van der Waals surface area contributed by atoms with Crippen molar-refractivity contribution in [3.63, 3.8) is 0 Å². The van der Waals surface area contributed by atoms with Crippen LogP contribution in [0.25, 0.3) is 0 Å². The van der Waals surface area contributed by atoms with Crippen LogP contribution in [0.3, 0.4) is 0 Å². The molecular formula is C11H17N3S. The van der Waals surface area contributed by atoms with E-state index in [-0.39, 0.29) is 0 Å². The minimum atomic E-state index is 0.617. The molecule has 1 rings (SSSR count). The Morgan fingerprint density at radius 2 is 2.20 bits per heavy atom. The lowest BCUT2D eigenvalue weighted by Crippen LogP contribution is -2.05. The molecule has 0 aliphatic rings. The summed E-state index contributed by atoms with van der Waals surface area (Å²) in [5.74, 6) is 1.48. The Bertz CT molecular complexity index is 332. The van der Waals surface area contributed by atoms with E-state index in [1.165, 1.54) is 23.1 Å². The van der Waals surface area contributed by atoms with Crippen molar-refractivity contribution in [3.8, 4) is 0 Å². The normalized spacial score (nSPS) is 11.7. The summed E-state index contributed by atoms with van der Waals surface area (Å²) in [5.41, 5.74) is 8.02. The lowest BCUT2D eigenvalue weighted by molar-refractivity contribution is 0.817. The molecule has 0 atom stereocenters. The fourth-order valence-electron chi connectivity index (χ4n) is 1.24. The Balaban J connectivity index is 2.53. The van der Waals surface area contributed by atoms with Gasteiger partial charge in [0.25, 0.3) is 0 Å². The van der Waals surface area contributed by atoms with E-state index in [0.717, 1.165) is 12.3 Å². The molecule has 0 aromatic heterocycles. The second-order valence-corrected chi connectivity index (χ2v) is 4.09. The second kappa shape index (κ2) is 6.48. The van der Waals surface area contributed by atoms with Crippen LogP contribution in [0.1, 0.15) is 18.1 Å². The van der Waals surface area contributed by atoms with Gasteiger partial charge in [0.05, 0.1) is 0 Å². The van der Waals surface area contributed by atoms with E-state index in [2.05, 4.69) is 34.0 Å². The zero-order valence-electron chi connectivity index (χ0n) is 9.16. The van der Waals surface area contributed by atoms with Gasteiger partial charge in [-0.25, -0.2) is 4.40 Å². The van der Waals surface area contributed by atoms with Crippen molar-refractivity contribution in [2.24, 2.45) is 10.1 Å². The fourth-order valence-corrected chi connectivity index (χ4v) is 1.84. The molecule has 0 spiro atoms. The van der Waals surface area contributed by atoms with Gasteiger partial charge in [-0.15, -0.1) is 0 Å². The molecule has 0 heterocycles. The number of rotatable bonds is 5. The highest BCUT2D eigenvalue weighted by Gasteiger charge is 1.95.